The molecule has 0 radical (unpaired) electrons. The summed E-state index contributed by atoms with van der Waals surface area (Å²) in [5, 5.41) is 3.39. The van der Waals surface area contributed by atoms with Crippen LogP contribution in [0.1, 0.15) is 57.7 Å². The quantitative estimate of drug-likeness (QED) is 0.758. The van der Waals surface area contributed by atoms with Crippen LogP contribution in [-0.2, 0) is 0 Å². The van der Waals surface area contributed by atoms with Gasteiger partial charge in [0.25, 0.3) is 0 Å². The van der Waals surface area contributed by atoms with Crippen LogP contribution in [0.5, 0.6) is 5.75 Å². The lowest BCUT2D eigenvalue weighted by atomic mass is 9.99. The predicted octanol–water partition coefficient (Wildman–Crippen LogP) is 4.77. The van der Waals surface area contributed by atoms with E-state index >= 15 is 0 Å². The number of ether oxygens (including phenoxy) is 1. The maximum absolute atomic E-state index is 6.18. The van der Waals surface area contributed by atoms with Crippen LogP contribution in [0.4, 0.5) is 11.6 Å². The molecule has 0 atom stereocenters. The Morgan fingerprint density at radius 1 is 1.16 bits per heavy atom. The number of anilines is 2. The second-order valence-corrected chi connectivity index (χ2v) is 6.66. The van der Waals surface area contributed by atoms with E-state index in [1.165, 1.54) is 5.56 Å². The highest BCUT2D eigenvalue weighted by atomic mass is 16.5. The minimum absolute atomic E-state index is 0.349. The topological polar surface area (TPSA) is 73.1 Å². The zero-order valence-electron chi connectivity index (χ0n) is 16.2. The molecule has 5 nitrogen and oxygen atoms in total. The van der Waals surface area contributed by atoms with Gasteiger partial charge in [0, 0.05) is 11.6 Å². The second-order valence-electron chi connectivity index (χ2n) is 6.66. The van der Waals surface area contributed by atoms with Crippen LogP contribution in [0.15, 0.2) is 18.2 Å². The minimum Gasteiger partial charge on any atom is -0.496 e. The molecule has 0 bridgehead atoms. The number of aryl methyl sites for hydroxylation is 1. The summed E-state index contributed by atoms with van der Waals surface area (Å²) in [6.07, 6.45) is 2.03. The zero-order chi connectivity index (χ0) is 18.6. The molecule has 1 aromatic heterocycles. The van der Waals surface area contributed by atoms with E-state index in [1.807, 2.05) is 13.0 Å². The average Bonchev–Trinajstić information content (AvgIpc) is 2.61. The van der Waals surface area contributed by atoms with Gasteiger partial charge >= 0.3 is 0 Å². The third-order valence-electron chi connectivity index (χ3n) is 4.57. The number of nitrogens with zero attached hydrogens (tertiary/aromatic N) is 2. The van der Waals surface area contributed by atoms with Crippen molar-refractivity contribution in [1.29, 1.82) is 0 Å². The lowest BCUT2D eigenvalue weighted by Gasteiger charge is -2.19. The van der Waals surface area contributed by atoms with Gasteiger partial charge in [-0.25, -0.2) is 9.97 Å². The summed E-state index contributed by atoms with van der Waals surface area (Å²) >= 11 is 0. The Bertz CT molecular complexity index is 724. The number of nitrogen functional groups attached to an aromatic ring is 1. The summed E-state index contributed by atoms with van der Waals surface area (Å²) in [7, 11) is 1.68. The summed E-state index contributed by atoms with van der Waals surface area (Å²) in [6, 6.07) is 6.56. The van der Waals surface area contributed by atoms with E-state index in [0.717, 1.165) is 35.5 Å². The molecular formula is C20H30N4O. The highest BCUT2D eigenvalue weighted by molar-refractivity contribution is 5.73. The monoisotopic (exact) mass is 342 g/mol. The zero-order valence-corrected chi connectivity index (χ0v) is 16.2. The lowest BCUT2D eigenvalue weighted by molar-refractivity contribution is 0.415. The molecule has 0 saturated carbocycles. The number of aromatic nitrogens is 2. The van der Waals surface area contributed by atoms with Crippen LogP contribution in [0.25, 0.3) is 11.3 Å². The van der Waals surface area contributed by atoms with E-state index in [2.05, 4.69) is 55.1 Å². The standard InChI is InChI=1S/C20H30N4O/c1-7-15(8-2)23-20-19(21)24-18(13(5)22-20)16-10-9-14(12(3)4)11-17(16)25-6/h9-12,15H,7-8H2,1-6H3,(H2,21,24)(H,22,23). The molecule has 0 saturated heterocycles. The van der Waals surface area contributed by atoms with E-state index in [0.29, 0.717) is 23.6 Å². The highest BCUT2D eigenvalue weighted by Crippen LogP contribution is 2.34. The number of hydrogen-bond donors (Lipinski definition) is 2. The van der Waals surface area contributed by atoms with Crippen LogP contribution in [0, 0.1) is 6.92 Å². The summed E-state index contributed by atoms with van der Waals surface area (Å²) < 4.78 is 5.59. The number of hydrogen-bond acceptors (Lipinski definition) is 5. The van der Waals surface area contributed by atoms with Gasteiger partial charge in [0.1, 0.15) is 5.75 Å². The van der Waals surface area contributed by atoms with Gasteiger partial charge in [0.2, 0.25) is 0 Å². The smallest absolute Gasteiger partial charge is 0.169 e. The number of nitrogens with two attached hydrogens (primary N) is 1. The minimum atomic E-state index is 0.349. The molecule has 5 heteroatoms. The number of rotatable bonds is 7. The summed E-state index contributed by atoms with van der Waals surface area (Å²) in [5.41, 5.74) is 9.92. The first kappa shape index (κ1) is 19.0. The van der Waals surface area contributed by atoms with E-state index in [4.69, 9.17) is 10.5 Å². The fourth-order valence-electron chi connectivity index (χ4n) is 2.84. The van der Waals surface area contributed by atoms with Gasteiger partial charge in [-0.3, -0.25) is 0 Å². The predicted molar refractivity (Wildman–Crippen MR) is 105 cm³/mol. The summed E-state index contributed by atoms with van der Waals surface area (Å²) in [4.78, 5) is 9.28. The van der Waals surface area contributed by atoms with Crippen LogP contribution in [-0.4, -0.2) is 23.1 Å². The fraction of sp³-hybridized carbons (Fsp3) is 0.500. The largest absolute Gasteiger partial charge is 0.496 e. The fourth-order valence-corrected chi connectivity index (χ4v) is 2.84. The van der Waals surface area contributed by atoms with Gasteiger partial charge in [0.15, 0.2) is 11.6 Å². The van der Waals surface area contributed by atoms with Crippen molar-refractivity contribution in [3.8, 4) is 17.0 Å². The molecule has 136 valence electrons. The molecule has 0 unspecified atom stereocenters. The van der Waals surface area contributed by atoms with Gasteiger partial charge < -0.3 is 15.8 Å². The Balaban J connectivity index is 2.45. The van der Waals surface area contributed by atoms with Gasteiger partial charge in [-0.2, -0.15) is 0 Å². The van der Waals surface area contributed by atoms with Gasteiger partial charge in [0.05, 0.1) is 18.5 Å². The Labute approximate surface area is 151 Å². The Morgan fingerprint density at radius 3 is 2.40 bits per heavy atom. The van der Waals surface area contributed by atoms with Crippen molar-refractivity contribution in [2.45, 2.75) is 59.4 Å². The Kier molecular flexibility index (Phi) is 6.23. The first-order valence-electron chi connectivity index (χ1n) is 9.00. The maximum Gasteiger partial charge on any atom is 0.169 e. The second kappa shape index (κ2) is 8.19. The molecule has 0 spiro atoms. The van der Waals surface area contributed by atoms with Crippen molar-refractivity contribution in [1.82, 2.24) is 9.97 Å². The molecule has 1 aromatic carbocycles. The third kappa shape index (κ3) is 4.21. The van der Waals surface area contributed by atoms with Crippen molar-refractivity contribution in [2.24, 2.45) is 0 Å². The van der Waals surface area contributed by atoms with Crippen LogP contribution in [0.3, 0.4) is 0 Å². The molecule has 25 heavy (non-hydrogen) atoms. The van der Waals surface area contributed by atoms with E-state index in [-0.39, 0.29) is 0 Å². The molecule has 0 fully saturated rings. The van der Waals surface area contributed by atoms with E-state index in [1.54, 1.807) is 7.11 Å². The van der Waals surface area contributed by atoms with Crippen LogP contribution >= 0.6 is 0 Å². The molecule has 0 aliphatic rings. The number of nitrogens with one attached hydrogen (secondary N) is 1. The number of methoxy groups -OCH3 is 1. The van der Waals surface area contributed by atoms with Crippen molar-refractivity contribution in [2.75, 3.05) is 18.2 Å². The van der Waals surface area contributed by atoms with Crippen molar-refractivity contribution in [3.63, 3.8) is 0 Å². The molecule has 2 rings (SSSR count). The molecule has 3 N–H and O–H groups in total. The van der Waals surface area contributed by atoms with Crippen LogP contribution in [0.2, 0.25) is 0 Å². The molecule has 0 amide bonds. The third-order valence-corrected chi connectivity index (χ3v) is 4.57. The maximum atomic E-state index is 6.18. The highest BCUT2D eigenvalue weighted by Gasteiger charge is 2.17. The van der Waals surface area contributed by atoms with E-state index in [9.17, 15) is 0 Å². The average molecular weight is 342 g/mol. The SMILES string of the molecule is CCC(CC)Nc1nc(C)c(-c2ccc(C(C)C)cc2OC)nc1N. The molecule has 0 aliphatic heterocycles. The molecule has 2 aromatic rings. The number of benzene rings is 1. The van der Waals surface area contributed by atoms with Crippen molar-refractivity contribution >= 4 is 11.6 Å². The van der Waals surface area contributed by atoms with E-state index < -0.39 is 0 Å². The summed E-state index contributed by atoms with van der Waals surface area (Å²) in [5.74, 6) is 2.31. The van der Waals surface area contributed by atoms with Gasteiger partial charge in [-0.05, 0) is 43.4 Å². The summed E-state index contributed by atoms with van der Waals surface area (Å²) in [6.45, 7) is 10.6. The van der Waals surface area contributed by atoms with Crippen molar-refractivity contribution in [3.05, 3.63) is 29.5 Å². The van der Waals surface area contributed by atoms with Gasteiger partial charge in [-0.1, -0.05) is 33.8 Å². The van der Waals surface area contributed by atoms with Crippen molar-refractivity contribution < 1.29 is 4.74 Å². The first-order chi connectivity index (χ1) is 11.9. The van der Waals surface area contributed by atoms with Gasteiger partial charge in [-0.15, -0.1) is 0 Å². The molecule has 1 heterocycles. The van der Waals surface area contributed by atoms with Crippen LogP contribution < -0.4 is 15.8 Å². The molecule has 0 aliphatic carbocycles. The Morgan fingerprint density at radius 2 is 1.84 bits per heavy atom. The normalized spacial score (nSPS) is 11.2. The lowest BCUT2D eigenvalue weighted by Crippen LogP contribution is -2.20. The Hall–Kier alpha value is -2.30. The molecular weight excluding hydrogens is 312 g/mol. The first-order valence-corrected chi connectivity index (χ1v) is 9.00.